The van der Waals surface area contributed by atoms with Gasteiger partial charge in [-0.05, 0) is 40.2 Å². The number of hydrogen-bond donors (Lipinski definition) is 0. The lowest BCUT2D eigenvalue weighted by molar-refractivity contribution is 0.181. The molecule has 0 amide bonds. The summed E-state index contributed by atoms with van der Waals surface area (Å²) in [6.45, 7) is 18.8. The summed E-state index contributed by atoms with van der Waals surface area (Å²) in [4.78, 5) is 0. The van der Waals surface area contributed by atoms with Crippen molar-refractivity contribution in [3.63, 3.8) is 0 Å². The molecule has 0 aromatic heterocycles. The monoisotopic (exact) mass is 260 g/mol. The van der Waals surface area contributed by atoms with E-state index in [-0.39, 0.29) is 5.41 Å². The Morgan fingerprint density at radius 3 is 2.00 bits per heavy atom. The topological polar surface area (TPSA) is 0 Å². The van der Waals surface area contributed by atoms with Gasteiger partial charge in [-0.2, -0.15) is 0 Å². The molecule has 0 aliphatic rings. The van der Waals surface area contributed by atoms with Crippen molar-refractivity contribution in [3.8, 4) is 0 Å². The summed E-state index contributed by atoms with van der Waals surface area (Å²) in [5, 5.41) is 0. The Bertz CT molecular complexity index is 408. The quantitative estimate of drug-likeness (QED) is 0.594. The summed E-state index contributed by atoms with van der Waals surface area (Å²) in [7, 11) is 0. The molecule has 0 bridgehead atoms. The molecule has 0 saturated heterocycles. The van der Waals surface area contributed by atoms with E-state index in [1.165, 1.54) is 17.5 Å². The maximum Gasteiger partial charge on any atom is -0.00983 e. The van der Waals surface area contributed by atoms with Crippen molar-refractivity contribution >= 4 is 0 Å². The second-order valence-corrected chi connectivity index (χ2v) is 7.98. The van der Waals surface area contributed by atoms with Crippen LogP contribution in [0.2, 0.25) is 0 Å². The van der Waals surface area contributed by atoms with Crippen LogP contribution in [-0.2, 0) is 5.41 Å². The van der Waals surface area contributed by atoms with Gasteiger partial charge in [0.25, 0.3) is 0 Å². The molecule has 0 heteroatoms. The number of rotatable bonds is 5. The minimum absolute atomic E-state index is 0.235. The number of hydrogen-bond acceptors (Lipinski definition) is 0. The predicted octanol–water partition coefficient (Wildman–Crippen LogP) is 6.16. The summed E-state index contributed by atoms with van der Waals surface area (Å²) < 4.78 is 0. The average Bonchev–Trinajstić information content (AvgIpc) is 2.27. The highest BCUT2D eigenvalue weighted by Crippen LogP contribution is 2.41. The first-order valence-electron chi connectivity index (χ1n) is 7.67. The van der Waals surface area contributed by atoms with E-state index in [2.05, 4.69) is 79.7 Å². The van der Waals surface area contributed by atoms with Gasteiger partial charge in [0.05, 0.1) is 0 Å². The Morgan fingerprint density at radius 1 is 0.947 bits per heavy atom. The summed E-state index contributed by atoms with van der Waals surface area (Å²) >= 11 is 0. The van der Waals surface area contributed by atoms with Crippen LogP contribution in [0.3, 0.4) is 0 Å². The fourth-order valence-corrected chi connectivity index (χ4v) is 2.76. The van der Waals surface area contributed by atoms with E-state index >= 15 is 0 Å². The van der Waals surface area contributed by atoms with E-state index in [1.54, 1.807) is 0 Å². The zero-order chi connectivity index (χ0) is 14.8. The van der Waals surface area contributed by atoms with E-state index in [9.17, 15) is 0 Å². The van der Waals surface area contributed by atoms with Gasteiger partial charge in [0, 0.05) is 0 Å². The second kappa shape index (κ2) is 5.69. The van der Waals surface area contributed by atoms with Crippen LogP contribution in [0, 0.1) is 11.3 Å². The number of benzene rings is 1. The Labute approximate surface area is 120 Å². The Kier molecular flexibility index (Phi) is 4.87. The first kappa shape index (κ1) is 16.3. The SMILES string of the molecule is CC(C)c1cccc(C(C)(C)CC(C)(C)C(C)C)c1. The van der Waals surface area contributed by atoms with Crippen molar-refractivity contribution in [1.82, 2.24) is 0 Å². The molecule has 0 fully saturated rings. The second-order valence-electron chi connectivity index (χ2n) is 7.98. The lowest BCUT2D eigenvalue weighted by Gasteiger charge is -2.38. The molecule has 0 saturated carbocycles. The van der Waals surface area contributed by atoms with Crippen molar-refractivity contribution < 1.29 is 0 Å². The van der Waals surface area contributed by atoms with Crippen molar-refractivity contribution in [2.45, 2.75) is 73.1 Å². The van der Waals surface area contributed by atoms with Crippen molar-refractivity contribution in [2.75, 3.05) is 0 Å². The molecule has 0 aliphatic carbocycles. The molecule has 1 rings (SSSR count). The van der Waals surface area contributed by atoms with Gasteiger partial charge >= 0.3 is 0 Å². The van der Waals surface area contributed by atoms with Crippen LogP contribution >= 0.6 is 0 Å². The third kappa shape index (κ3) is 4.09. The van der Waals surface area contributed by atoms with Gasteiger partial charge < -0.3 is 0 Å². The van der Waals surface area contributed by atoms with Crippen LogP contribution in [0.4, 0.5) is 0 Å². The zero-order valence-electron chi connectivity index (χ0n) is 14.2. The zero-order valence-corrected chi connectivity index (χ0v) is 14.2. The molecule has 1 aromatic rings. The lowest BCUT2D eigenvalue weighted by atomic mass is 9.67. The summed E-state index contributed by atoms with van der Waals surface area (Å²) in [5.41, 5.74) is 3.54. The molecule has 0 heterocycles. The summed E-state index contributed by atoms with van der Waals surface area (Å²) in [6.07, 6.45) is 1.22. The molecule has 19 heavy (non-hydrogen) atoms. The molecule has 0 nitrogen and oxygen atoms in total. The van der Waals surface area contributed by atoms with E-state index < -0.39 is 0 Å². The van der Waals surface area contributed by atoms with Crippen molar-refractivity contribution in [2.24, 2.45) is 11.3 Å². The third-order valence-electron chi connectivity index (χ3n) is 4.80. The smallest absolute Gasteiger partial charge is 0.00983 e. The molecule has 0 unspecified atom stereocenters. The lowest BCUT2D eigenvalue weighted by Crippen LogP contribution is -2.30. The normalized spacial score (nSPS) is 13.4. The molecular weight excluding hydrogens is 228 g/mol. The maximum atomic E-state index is 2.40. The van der Waals surface area contributed by atoms with Gasteiger partial charge in [-0.25, -0.2) is 0 Å². The van der Waals surface area contributed by atoms with Crippen LogP contribution in [0.25, 0.3) is 0 Å². The third-order valence-corrected chi connectivity index (χ3v) is 4.80. The van der Waals surface area contributed by atoms with Gasteiger partial charge in [0.2, 0.25) is 0 Å². The van der Waals surface area contributed by atoms with Crippen LogP contribution in [0.5, 0.6) is 0 Å². The highest BCUT2D eigenvalue weighted by molar-refractivity contribution is 5.31. The van der Waals surface area contributed by atoms with Crippen molar-refractivity contribution in [3.05, 3.63) is 35.4 Å². The van der Waals surface area contributed by atoms with Crippen LogP contribution in [-0.4, -0.2) is 0 Å². The predicted molar refractivity (Wildman–Crippen MR) is 86.8 cm³/mol. The van der Waals surface area contributed by atoms with E-state index in [0.29, 0.717) is 17.3 Å². The average molecular weight is 260 g/mol. The van der Waals surface area contributed by atoms with E-state index in [0.717, 1.165) is 0 Å². The van der Waals surface area contributed by atoms with E-state index in [4.69, 9.17) is 0 Å². The van der Waals surface area contributed by atoms with Gasteiger partial charge in [0.15, 0.2) is 0 Å². The minimum atomic E-state index is 0.235. The summed E-state index contributed by atoms with van der Waals surface area (Å²) in [5.74, 6) is 1.31. The molecule has 108 valence electrons. The Hall–Kier alpha value is -0.780. The Balaban J connectivity index is 3.03. The minimum Gasteiger partial charge on any atom is -0.0623 e. The summed E-state index contributed by atoms with van der Waals surface area (Å²) in [6, 6.07) is 9.16. The molecule has 1 aromatic carbocycles. The van der Waals surface area contributed by atoms with Crippen molar-refractivity contribution in [1.29, 1.82) is 0 Å². The van der Waals surface area contributed by atoms with E-state index in [1.807, 2.05) is 0 Å². The van der Waals surface area contributed by atoms with Crippen LogP contribution in [0.1, 0.15) is 78.9 Å². The molecular formula is C19H32. The van der Waals surface area contributed by atoms with Crippen LogP contribution in [0.15, 0.2) is 24.3 Å². The molecule has 0 aliphatic heterocycles. The highest BCUT2D eigenvalue weighted by atomic mass is 14.4. The fourth-order valence-electron chi connectivity index (χ4n) is 2.76. The standard InChI is InChI=1S/C19H32/c1-14(2)16-10-9-11-17(12-16)19(7,8)13-18(5,6)15(3)4/h9-12,14-15H,13H2,1-8H3. The highest BCUT2D eigenvalue weighted by Gasteiger charge is 2.32. The molecule has 0 radical (unpaired) electrons. The first-order chi connectivity index (χ1) is 8.56. The first-order valence-corrected chi connectivity index (χ1v) is 7.67. The van der Waals surface area contributed by atoms with Gasteiger partial charge in [-0.1, -0.05) is 79.7 Å². The maximum absolute atomic E-state index is 2.40. The Morgan fingerprint density at radius 2 is 1.53 bits per heavy atom. The van der Waals surface area contributed by atoms with Gasteiger partial charge in [0.1, 0.15) is 0 Å². The largest absolute Gasteiger partial charge is 0.0623 e. The van der Waals surface area contributed by atoms with Crippen LogP contribution < -0.4 is 0 Å². The fraction of sp³-hybridized carbons (Fsp3) is 0.684. The molecule has 0 atom stereocenters. The van der Waals surface area contributed by atoms with Gasteiger partial charge in [-0.15, -0.1) is 0 Å². The molecule has 0 N–H and O–H groups in total. The van der Waals surface area contributed by atoms with Gasteiger partial charge in [-0.3, -0.25) is 0 Å². The molecule has 0 spiro atoms.